The topological polar surface area (TPSA) is 49.4 Å². The SMILES string of the molecule is O=C(Nc1cccc(Cl)c1SC(F)F)C1CCCN(C(=O)c2cccs2)C1. The highest BCUT2D eigenvalue weighted by molar-refractivity contribution is 7.99. The number of anilines is 1. The first-order chi connectivity index (χ1) is 13.0. The van der Waals surface area contributed by atoms with Crippen molar-refractivity contribution in [3.63, 3.8) is 0 Å². The number of piperidine rings is 1. The van der Waals surface area contributed by atoms with Gasteiger partial charge in [-0.1, -0.05) is 35.5 Å². The third-order valence-corrected chi connectivity index (χ3v) is 6.38. The summed E-state index contributed by atoms with van der Waals surface area (Å²) in [5.41, 5.74) is 0.263. The summed E-state index contributed by atoms with van der Waals surface area (Å²) in [6, 6.07) is 8.22. The van der Waals surface area contributed by atoms with E-state index >= 15 is 0 Å². The average molecular weight is 431 g/mol. The minimum absolute atomic E-state index is 0.0841. The maximum absolute atomic E-state index is 12.8. The summed E-state index contributed by atoms with van der Waals surface area (Å²) >= 11 is 7.67. The summed E-state index contributed by atoms with van der Waals surface area (Å²) < 4.78 is 25.6. The Morgan fingerprint density at radius 2 is 2.11 bits per heavy atom. The maximum atomic E-state index is 12.8. The van der Waals surface area contributed by atoms with Crippen LogP contribution in [0.4, 0.5) is 14.5 Å². The van der Waals surface area contributed by atoms with Crippen LogP contribution in [0.1, 0.15) is 22.5 Å². The normalized spacial score (nSPS) is 17.2. The molecule has 144 valence electrons. The lowest BCUT2D eigenvalue weighted by Gasteiger charge is -2.32. The molecule has 0 aliphatic carbocycles. The number of hydrogen-bond acceptors (Lipinski definition) is 4. The Morgan fingerprint density at radius 3 is 2.81 bits per heavy atom. The Morgan fingerprint density at radius 1 is 1.30 bits per heavy atom. The standard InChI is InChI=1S/C18H17ClF2N2O2S2/c19-12-5-1-6-13(15(12)27-18(20)21)22-16(24)11-4-2-8-23(10-11)17(25)14-7-3-9-26-14/h1,3,5-7,9,11,18H,2,4,8,10H2,(H,22,24). The molecule has 2 heterocycles. The van der Waals surface area contributed by atoms with Gasteiger partial charge in [-0.05, 0) is 36.4 Å². The van der Waals surface area contributed by atoms with E-state index in [1.54, 1.807) is 23.1 Å². The van der Waals surface area contributed by atoms with Crippen LogP contribution in [0.2, 0.25) is 5.02 Å². The molecule has 1 atom stereocenters. The van der Waals surface area contributed by atoms with Gasteiger partial charge in [0.25, 0.3) is 11.7 Å². The zero-order chi connectivity index (χ0) is 19.4. The molecular formula is C18H17ClF2N2O2S2. The second-order valence-electron chi connectivity index (χ2n) is 6.05. The quantitative estimate of drug-likeness (QED) is 0.662. The van der Waals surface area contributed by atoms with Crippen molar-refractivity contribution in [2.75, 3.05) is 18.4 Å². The van der Waals surface area contributed by atoms with E-state index in [4.69, 9.17) is 11.6 Å². The van der Waals surface area contributed by atoms with Crippen molar-refractivity contribution in [3.8, 4) is 0 Å². The van der Waals surface area contributed by atoms with Crippen molar-refractivity contribution in [1.29, 1.82) is 0 Å². The summed E-state index contributed by atoms with van der Waals surface area (Å²) in [6.07, 6.45) is 1.35. The number of benzene rings is 1. The van der Waals surface area contributed by atoms with Gasteiger partial charge in [-0.3, -0.25) is 9.59 Å². The van der Waals surface area contributed by atoms with Gasteiger partial charge in [0.15, 0.2) is 0 Å². The molecule has 2 amide bonds. The lowest BCUT2D eigenvalue weighted by atomic mass is 9.97. The molecule has 0 bridgehead atoms. The van der Waals surface area contributed by atoms with Crippen LogP contribution < -0.4 is 5.32 Å². The molecule has 4 nitrogen and oxygen atoms in total. The van der Waals surface area contributed by atoms with Crippen LogP contribution in [0.3, 0.4) is 0 Å². The molecule has 1 unspecified atom stereocenters. The Hall–Kier alpha value is -1.64. The van der Waals surface area contributed by atoms with E-state index in [2.05, 4.69) is 5.32 Å². The first-order valence-corrected chi connectivity index (χ1v) is 10.5. The summed E-state index contributed by atoms with van der Waals surface area (Å²) in [7, 11) is 0. The van der Waals surface area contributed by atoms with Gasteiger partial charge in [-0.2, -0.15) is 8.78 Å². The highest BCUT2D eigenvalue weighted by atomic mass is 35.5. The molecule has 0 saturated carbocycles. The second-order valence-corrected chi connectivity index (χ2v) is 8.41. The van der Waals surface area contributed by atoms with Crippen LogP contribution in [-0.4, -0.2) is 35.6 Å². The average Bonchev–Trinajstić information content (AvgIpc) is 3.18. The molecule has 1 saturated heterocycles. The minimum Gasteiger partial charge on any atom is -0.337 e. The Balaban J connectivity index is 1.69. The Labute approximate surface area is 168 Å². The van der Waals surface area contributed by atoms with Crippen LogP contribution in [0, 0.1) is 5.92 Å². The van der Waals surface area contributed by atoms with E-state index in [9.17, 15) is 18.4 Å². The van der Waals surface area contributed by atoms with Crippen molar-refractivity contribution in [2.24, 2.45) is 5.92 Å². The van der Waals surface area contributed by atoms with Crippen LogP contribution in [-0.2, 0) is 4.79 Å². The zero-order valence-electron chi connectivity index (χ0n) is 14.2. The number of rotatable bonds is 5. The Kier molecular flexibility index (Phi) is 6.73. The van der Waals surface area contributed by atoms with E-state index in [1.165, 1.54) is 17.4 Å². The molecule has 1 aliphatic heterocycles. The van der Waals surface area contributed by atoms with Crippen molar-refractivity contribution in [2.45, 2.75) is 23.5 Å². The van der Waals surface area contributed by atoms with Gasteiger partial charge in [0.05, 0.1) is 26.4 Å². The fourth-order valence-electron chi connectivity index (χ4n) is 2.98. The van der Waals surface area contributed by atoms with Gasteiger partial charge in [-0.25, -0.2) is 0 Å². The fourth-order valence-corrected chi connectivity index (χ4v) is 4.59. The van der Waals surface area contributed by atoms with E-state index in [1.807, 2.05) is 11.4 Å². The molecule has 1 aromatic heterocycles. The molecule has 27 heavy (non-hydrogen) atoms. The Bertz CT molecular complexity index is 818. The minimum atomic E-state index is -2.64. The van der Waals surface area contributed by atoms with Gasteiger partial charge in [-0.15, -0.1) is 11.3 Å². The molecule has 1 aliphatic rings. The maximum Gasteiger partial charge on any atom is 0.289 e. The number of hydrogen-bond donors (Lipinski definition) is 1. The van der Waals surface area contributed by atoms with E-state index in [0.717, 1.165) is 0 Å². The molecule has 1 N–H and O–H groups in total. The van der Waals surface area contributed by atoms with Gasteiger partial charge >= 0.3 is 0 Å². The number of carbonyl (C=O) groups excluding carboxylic acids is 2. The monoisotopic (exact) mass is 430 g/mol. The highest BCUT2D eigenvalue weighted by Gasteiger charge is 2.30. The van der Waals surface area contributed by atoms with Crippen LogP contribution in [0.5, 0.6) is 0 Å². The van der Waals surface area contributed by atoms with Crippen molar-refractivity contribution in [3.05, 3.63) is 45.6 Å². The zero-order valence-corrected chi connectivity index (χ0v) is 16.6. The van der Waals surface area contributed by atoms with E-state index in [-0.39, 0.29) is 27.4 Å². The van der Waals surface area contributed by atoms with Crippen LogP contribution in [0.15, 0.2) is 40.6 Å². The smallest absolute Gasteiger partial charge is 0.289 e. The summed E-state index contributed by atoms with van der Waals surface area (Å²) in [6.45, 7) is 0.907. The molecule has 1 fully saturated rings. The predicted molar refractivity (Wildman–Crippen MR) is 105 cm³/mol. The third kappa shape index (κ3) is 5.00. The van der Waals surface area contributed by atoms with Crippen LogP contribution >= 0.6 is 34.7 Å². The van der Waals surface area contributed by atoms with Gasteiger partial charge in [0.1, 0.15) is 0 Å². The molecule has 1 aromatic carbocycles. The largest absolute Gasteiger partial charge is 0.337 e. The summed E-state index contributed by atoms with van der Waals surface area (Å²) in [5, 5.41) is 4.71. The summed E-state index contributed by atoms with van der Waals surface area (Å²) in [4.78, 5) is 27.6. The highest BCUT2D eigenvalue weighted by Crippen LogP contribution is 2.38. The van der Waals surface area contributed by atoms with Crippen molar-refractivity contribution < 1.29 is 18.4 Å². The number of nitrogens with one attached hydrogen (secondary N) is 1. The molecule has 9 heteroatoms. The van der Waals surface area contributed by atoms with Gasteiger partial charge in [0.2, 0.25) is 5.91 Å². The molecular weight excluding hydrogens is 414 g/mol. The number of nitrogens with zero attached hydrogens (tertiary/aromatic N) is 1. The number of thiophene rings is 1. The predicted octanol–water partition coefficient (Wildman–Crippen LogP) is 5.21. The fraction of sp³-hybridized carbons (Fsp3) is 0.333. The van der Waals surface area contributed by atoms with E-state index in [0.29, 0.717) is 42.6 Å². The first-order valence-electron chi connectivity index (χ1n) is 8.32. The van der Waals surface area contributed by atoms with Gasteiger partial charge < -0.3 is 10.2 Å². The first kappa shape index (κ1) is 20.1. The van der Waals surface area contributed by atoms with Gasteiger partial charge in [0, 0.05) is 13.1 Å². The second kappa shape index (κ2) is 9.03. The van der Waals surface area contributed by atoms with Crippen molar-refractivity contribution >= 4 is 52.2 Å². The number of carbonyl (C=O) groups is 2. The van der Waals surface area contributed by atoms with Crippen LogP contribution in [0.25, 0.3) is 0 Å². The molecule has 3 rings (SSSR count). The molecule has 0 spiro atoms. The molecule has 0 radical (unpaired) electrons. The number of amides is 2. The lowest BCUT2D eigenvalue weighted by Crippen LogP contribution is -2.43. The number of halogens is 3. The van der Waals surface area contributed by atoms with E-state index < -0.39 is 11.7 Å². The molecule has 2 aromatic rings. The number of likely N-dealkylation sites (tertiary alicyclic amines) is 1. The third-order valence-electron chi connectivity index (χ3n) is 4.24. The summed E-state index contributed by atoms with van der Waals surface area (Å²) in [5.74, 6) is -3.42. The van der Waals surface area contributed by atoms with Crippen molar-refractivity contribution in [1.82, 2.24) is 4.90 Å². The lowest BCUT2D eigenvalue weighted by molar-refractivity contribution is -0.121. The number of alkyl halides is 2. The number of thioether (sulfide) groups is 1.